The van der Waals surface area contributed by atoms with Crippen molar-refractivity contribution in [2.24, 2.45) is 23.7 Å². The molecule has 0 bridgehead atoms. The quantitative estimate of drug-likeness (QED) is 0.100. The van der Waals surface area contributed by atoms with Gasteiger partial charge in [-0.15, -0.1) is 0 Å². The van der Waals surface area contributed by atoms with Gasteiger partial charge in [-0.1, -0.05) is 85.2 Å². The number of carboxylic acid groups (broad SMARTS) is 1. The topological polar surface area (TPSA) is 187 Å². The number of likely N-dealkylation sites (N-methyl/N-ethyl adjacent to an activating group) is 2. The summed E-state index contributed by atoms with van der Waals surface area (Å²) in [6.45, 7) is 14.3. The Balaban J connectivity index is 2.28. The minimum Gasteiger partial charge on any atom is -0.481 e. The van der Waals surface area contributed by atoms with E-state index in [2.05, 4.69) is 16.0 Å². The molecular weight excluding hydrogens is 769 g/mol. The lowest BCUT2D eigenvalue weighted by molar-refractivity contribution is -0.148. The van der Waals surface area contributed by atoms with Crippen LogP contribution in [0, 0.1) is 23.7 Å². The molecule has 1 aromatic carbocycles. The molecule has 1 heterocycles. The predicted molar refractivity (Wildman–Crippen MR) is 232 cm³/mol. The summed E-state index contributed by atoms with van der Waals surface area (Å²) in [4.78, 5) is 85.6. The fourth-order valence-electron chi connectivity index (χ4n) is 8.51. The first kappa shape index (κ1) is 52.1. The van der Waals surface area contributed by atoms with Crippen LogP contribution in [0.2, 0.25) is 0 Å². The summed E-state index contributed by atoms with van der Waals surface area (Å²) in [6.07, 6.45) is 1.82. The van der Waals surface area contributed by atoms with Crippen LogP contribution in [0.5, 0.6) is 0 Å². The van der Waals surface area contributed by atoms with Crippen molar-refractivity contribution in [1.29, 1.82) is 0 Å². The van der Waals surface area contributed by atoms with Crippen LogP contribution in [-0.4, -0.2) is 146 Å². The smallest absolute Gasteiger partial charge is 0.303 e. The van der Waals surface area contributed by atoms with Gasteiger partial charge in [0.05, 0.1) is 42.7 Å². The SMILES string of the molecule is CC[C@H](C)[C@@H]([C@@H](CC(=O)N1CCC[C@H]1[C@H](OC)[C@@H](C)C(=O)N[C@@H](Cc1ccccc1)C(=O)NCCCCC(=O)O)OC)N(C)C(=O)[C@@H](NC(=O)[C@H](C(C)C)N(C)C)C(C)C. The molecule has 340 valence electrons. The largest absolute Gasteiger partial charge is 0.481 e. The highest BCUT2D eigenvalue weighted by Crippen LogP contribution is 2.30. The number of rotatable bonds is 26. The maximum atomic E-state index is 14.3. The summed E-state index contributed by atoms with van der Waals surface area (Å²) < 4.78 is 12.0. The Hall–Kier alpha value is -4.08. The zero-order valence-electron chi connectivity index (χ0n) is 38.4. The minimum absolute atomic E-state index is 0.00800. The second-order valence-electron chi connectivity index (χ2n) is 17.4. The fourth-order valence-corrected chi connectivity index (χ4v) is 8.51. The normalized spacial score (nSPS) is 18.2. The van der Waals surface area contributed by atoms with Crippen LogP contribution < -0.4 is 16.0 Å². The third kappa shape index (κ3) is 15.1. The number of carboxylic acids is 1. The molecule has 60 heavy (non-hydrogen) atoms. The molecular formula is C45H76N6O9. The van der Waals surface area contributed by atoms with Crippen molar-refractivity contribution in [3.63, 3.8) is 0 Å². The number of hydrogen-bond acceptors (Lipinski definition) is 9. The summed E-state index contributed by atoms with van der Waals surface area (Å²) in [5, 5.41) is 17.8. The van der Waals surface area contributed by atoms with Gasteiger partial charge in [-0.25, -0.2) is 0 Å². The van der Waals surface area contributed by atoms with Crippen molar-refractivity contribution in [2.45, 2.75) is 142 Å². The van der Waals surface area contributed by atoms with Crippen LogP contribution in [0.15, 0.2) is 30.3 Å². The molecule has 2 rings (SSSR count). The van der Waals surface area contributed by atoms with Gasteiger partial charge < -0.3 is 40.3 Å². The van der Waals surface area contributed by atoms with E-state index < -0.39 is 60.2 Å². The van der Waals surface area contributed by atoms with Crippen LogP contribution in [0.1, 0.15) is 99.0 Å². The number of benzene rings is 1. The first-order chi connectivity index (χ1) is 28.3. The molecule has 0 aliphatic carbocycles. The molecule has 0 saturated carbocycles. The Labute approximate surface area is 359 Å². The second-order valence-corrected chi connectivity index (χ2v) is 17.4. The van der Waals surface area contributed by atoms with E-state index in [0.717, 1.165) is 5.56 Å². The highest BCUT2D eigenvalue weighted by Gasteiger charge is 2.43. The number of carbonyl (C=O) groups excluding carboxylic acids is 5. The molecule has 15 heteroatoms. The lowest BCUT2D eigenvalue weighted by Crippen LogP contribution is -2.59. The number of hydrogen-bond donors (Lipinski definition) is 4. The number of nitrogens with zero attached hydrogens (tertiary/aromatic N) is 3. The van der Waals surface area contributed by atoms with Crippen molar-refractivity contribution < 1.29 is 43.3 Å². The van der Waals surface area contributed by atoms with E-state index >= 15 is 0 Å². The van der Waals surface area contributed by atoms with Gasteiger partial charge >= 0.3 is 5.97 Å². The van der Waals surface area contributed by atoms with Gasteiger partial charge in [-0.2, -0.15) is 0 Å². The molecule has 9 atom stereocenters. The van der Waals surface area contributed by atoms with Gasteiger partial charge in [0.25, 0.3) is 0 Å². The summed E-state index contributed by atoms with van der Waals surface area (Å²) in [5.74, 6) is -3.29. The highest BCUT2D eigenvalue weighted by molar-refractivity contribution is 5.90. The number of methoxy groups -OCH3 is 2. The van der Waals surface area contributed by atoms with Gasteiger partial charge in [0.2, 0.25) is 29.5 Å². The Kier molecular flexibility index (Phi) is 22.2. The molecule has 1 saturated heterocycles. The van der Waals surface area contributed by atoms with E-state index in [9.17, 15) is 28.8 Å². The maximum Gasteiger partial charge on any atom is 0.303 e. The molecule has 15 nitrogen and oxygen atoms in total. The third-order valence-corrected chi connectivity index (χ3v) is 12.0. The molecule has 1 aromatic rings. The zero-order valence-corrected chi connectivity index (χ0v) is 38.4. The van der Waals surface area contributed by atoms with Gasteiger partial charge in [0.15, 0.2) is 0 Å². The Bertz CT molecular complexity index is 1520. The van der Waals surface area contributed by atoms with Gasteiger partial charge in [0.1, 0.15) is 12.1 Å². The number of ether oxygens (including phenoxy) is 2. The molecule has 0 aromatic heterocycles. The number of carbonyl (C=O) groups is 6. The number of amides is 5. The summed E-state index contributed by atoms with van der Waals surface area (Å²) >= 11 is 0. The average Bonchev–Trinajstić information content (AvgIpc) is 3.68. The third-order valence-electron chi connectivity index (χ3n) is 12.0. The fraction of sp³-hybridized carbons (Fsp3) is 0.733. The van der Waals surface area contributed by atoms with Gasteiger partial charge in [-0.3, -0.25) is 33.7 Å². The monoisotopic (exact) mass is 845 g/mol. The van der Waals surface area contributed by atoms with Crippen molar-refractivity contribution in [1.82, 2.24) is 30.7 Å². The predicted octanol–water partition coefficient (Wildman–Crippen LogP) is 3.73. The maximum absolute atomic E-state index is 14.3. The summed E-state index contributed by atoms with van der Waals surface area (Å²) in [7, 11) is 8.47. The Morgan fingerprint density at radius 3 is 2.05 bits per heavy atom. The van der Waals surface area contributed by atoms with Crippen molar-refractivity contribution in [3.05, 3.63) is 35.9 Å². The Morgan fingerprint density at radius 1 is 0.867 bits per heavy atom. The standard InChI is InChI=1S/C45H76N6O9/c1-13-30(6)40(50(10)45(58)38(28(2)3)48-44(57)39(29(4)5)49(8)9)35(59-11)27-36(52)51-25-19-22-34(51)41(60-12)31(7)42(55)47-33(26-32-20-15-14-16-21-32)43(56)46-24-18-17-23-37(53)54/h14-16,20-21,28-31,33-35,38-41H,13,17-19,22-27H2,1-12H3,(H,46,56)(H,47,55)(H,48,57)(H,53,54)/t30-,31+,33-,34-,35+,38-,39-,40-,41+/m0/s1. The Morgan fingerprint density at radius 2 is 1.52 bits per heavy atom. The number of likely N-dealkylation sites (tertiary alicyclic amines) is 1. The van der Waals surface area contributed by atoms with E-state index in [1.807, 2.05) is 90.9 Å². The van der Waals surface area contributed by atoms with Crippen molar-refractivity contribution >= 4 is 35.5 Å². The number of aliphatic carboxylic acids is 1. The lowest BCUT2D eigenvalue weighted by Gasteiger charge is -2.41. The molecule has 1 aliphatic rings. The van der Waals surface area contributed by atoms with Gasteiger partial charge in [0, 0.05) is 47.2 Å². The minimum atomic E-state index is -0.896. The van der Waals surface area contributed by atoms with E-state index in [4.69, 9.17) is 14.6 Å². The second kappa shape index (κ2) is 25.6. The van der Waals surface area contributed by atoms with Gasteiger partial charge in [-0.05, 0) is 63.1 Å². The summed E-state index contributed by atoms with van der Waals surface area (Å²) in [5.41, 5.74) is 0.858. The molecule has 0 spiro atoms. The number of nitrogens with one attached hydrogen (secondary N) is 3. The van der Waals surface area contributed by atoms with Crippen LogP contribution in [-0.2, 0) is 44.7 Å². The van der Waals surface area contributed by atoms with Crippen LogP contribution in [0.25, 0.3) is 0 Å². The van der Waals surface area contributed by atoms with E-state index in [1.54, 1.807) is 30.9 Å². The van der Waals surface area contributed by atoms with E-state index in [1.165, 1.54) is 7.11 Å². The van der Waals surface area contributed by atoms with Crippen molar-refractivity contribution in [2.75, 3.05) is 48.5 Å². The summed E-state index contributed by atoms with van der Waals surface area (Å²) in [6, 6.07) is 6.34. The van der Waals surface area contributed by atoms with Crippen LogP contribution in [0.3, 0.4) is 0 Å². The first-order valence-corrected chi connectivity index (χ1v) is 21.7. The number of unbranched alkanes of at least 4 members (excludes halogenated alkanes) is 1. The average molecular weight is 845 g/mol. The van der Waals surface area contributed by atoms with Crippen LogP contribution >= 0.6 is 0 Å². The molecule has 1 aliphatic heterocycles. The molecule has 0 unspecified atom stereocenters. The molecule has 5 amide bonds. The lowest BCUT2D eigenvalue weighted by atomic mass is 9.89. The van der Waals surface area contributed by atoms with E-state index in [-0.39, 0.29) is 67.2 Å². The zero-order chi connectivity index (χ0) is 45.3. The van der Waals surface area contributed by atoms with E-state index in [0.29, 0.717) is 38.6 Å². The molecule has 1 fully saturated rings. The highest BCUT2D eigenvalue weighted by atomic mass is 16.5. The van der Waals surface area contributed by atoms with Crippen LogP contribution in [0.4, 0.5) is 0 Å². The first-order valence-electron chi connectivity index (χ1n) is 21.7. The molecule has 0 radical (unpaired) electrons. The molecule has 4 N–H and O–H groups in total. The van der Waals surface area contributed by atoms with Crippen molar-refractivity contribution in [3.8, 4) is 0 Å².